The van der Waals surface area contributed by atoms with E-state index in [1.165, 1.54) is 27.5 Å². The molecule has 0 unspecified atom stereocenters. The summed E-state index contributed by atoms with van der Waals surface area (Å²) in [5, 5.41) is 12.0. The fraction of sp³-hybridized carbons (Fsp3) is 0.214. The van der Waals surface area contributed by atoms with Gasteiger partial charge in [0.05, 0.1) is 5.56 Å². The second-order valence-electron chi connectivity index (χ2n) is 4.10. The first kappa shape index (κ1) is 12.6. The molecule has 0 atom stereocenters. The highest BCUT2D eigenvalue weighted by atomic mass is 32.1. The van der Waals surface area contributed by atoms with Crippen molar-refractivity contribution in [2.24, 2.45) is 0 Å². The summed E-state index contributed by atoms with van der Waals surface area (Å²) in [6.45, 7) is 4.85. The lowest BCUT2D eigenvalue weighted by atomic mass is 10.2. The predicted molar refractivity (Wildman–Crippen MR) is 72.2 cm³/mol. The Morgan fingerprint density at radius 3 is 2.72 bits per heavy atom. The Bertz CT molecular complexity index is 611. The van der Waals surface area contributed by atoms with Crippen LogP contribution in [0.4, 0.5) is 10.1 Å². The van der Waals surface area contributed by atoms with Crippen LogP contribution >= 0.6 is 11.3 Å². The third-order valence-corrected chi connectivity index (χ3v) is 3.72. The molecule has 0 saturated heterocycles. The highest BCUT2D eigenvalue weighted by Gasteiger charge is 2.05. The fourth-order valence-electron chi connectivity index (χ4n) is 1.78. The average molecular weight is 260 g/mol. The Labute approximate surface area is 110 Å². The molecule has 1 N–H and O–H groups in total. The summed E-state index contributed by atoms with van der Waals surface area (Å²) in [4.78, 5) is 2.56. The van der Waals surface area contributed by atoms with Crippen molar-refractivity contribution in [3.8, 4) is 6.07 Å². The predicted octanol–water partition coefficient (Wildman–Crippen LogP) is 3.99. The zero-order chi connectivity index (χ0) is 13.1. The third-order valence-electron chi connectivity index (χ3n) is 2.71. The van der Waals surface area contributed by atoms with Gasteiger partial charge in [-0.15, -0.1) is 11.3 Å². The van der Waals surface area contributed by atoms with E-state index in [0.717, 1.165) is 5.69 Å². The molecule has 0 bridgehead atoms. The maximum atomic E-state index is 13.2. The normalized spacial score (nSPS) is 10.1. The second kappa shape index (κ2) is 5.19. The lowest BCUT2D eigenvalue weighted by Crippen LogP contribution is -2.00. The molecule has 0 aliphatic heterocycles. The maximum Gasteiger partial charge on any atom is 0.141 e. The molecule has 92 valence electrons. The average Bonchev–Trinajstić information content (AvgIpc) is 2.67. The van der Waals surface area contributed by atoms with E-state index < -0.39 is 5.82 Å². The summed E-state index contributed by atoms with van der Waals surface area (Å²) >= 11 is 1.76. The topological polar surface area (TPSA) is 35.8 Å². The Morgan fingerprint density at radius 1 is 1.33 bits per heavy atom. The molecule has 0 radical (unpaired) electrons. The SMILES string of the molecule is Cc1cc(CNc2ccc(F)c(C#N)c2)c(C)s1. The van der Waals surface area contributed by atoms with Crippen LogP contribution in [0.2, 0.25) is 0 Å². The molecular weight excluding hydrogens is 247 g/mol. The van der Waals surface area contributed by atoms with E-state index in [2.05, 4.69) is 25.2 Å². The van der Waals surface area contributed by atoms with E-state index in [1.54, 1.807) is 17.4 Å². The maximum absolute atomic E-state index is 13.2. The molecule has 1 aromatic carbocycles. The Kier molecular flexibility index (Phi) is 3.63. The van der Waals surface area contributed by atoms with Crippen molar-refractivity contribution < 1.29 is 4.39 Å². The molecule has 2 aromatic rings. The van der Waals surface area contributed by atoms with Crippen LogP contribution in [0.15, 0.2) is 24.3 Å². The summed E-state index contributed by atoms with van der Waals surface area (Å²) in [6, 6.07) is 8.46. The Morgan fingerprint density at radius 2 is 2.11 bits per heavy atom. The highest BCUT2D eigenvalue weighted by Crippen LogP contribution is 2.22. The Hall–Kier alpha value is -1.86. The van der Waals surface area contributed by atoms with Crippen LogP contribution in [0.25, 0.3) is 0 Å². The number of halogens is 1. The molecule has 1 heterocycles. The van der Waals surface area contributed by atoms with Crippen molar-refractivity contribution >= 4 is 17.0 Å². The number of nitrogens with one attached hydrogen (secondary N) is 1. The summed E-state index contributed by atoms with van der Waals surface area (Å²) in [5.74, 6) is -0.481. The van der Waals surface area contributed by atoms with Crippen LogP contribution in [0.1, 0.15) is 20.9 Å². The first-order valence-corrected chi connectivity index (χ1v) is 6.41. The van der Waals surface area contributed by atoms with Gasteiger partial charge in [-0.2, -0.15) is 5.26 Å². The zero-order valence-electron chi connectivity index (χ0n) is 10.2. The number of nitriles is 1. The zero-order valence-corrected chi connectivity index (χ0v) is 11.1. The van der Waals surface area contributed by atoms with Gasteiger partial charge in [0, 0.05) is 22.0 Å². The summed E-state index contributed by atoms with van der Waals surface area (Å²) in [5.41, 5.74) is 2.06. The number of aryl methyl sites for hydroxylation is 2. The van der Waals surface area contributed by atoms with E-state index in [-0.39, 0.29) is 5.56 Å². The molecule has 0 fully saturated rings. The number of hydrogen-bond acceptors (Lipinski definition) is 3. The number of benzene rings is 1. The molecule has 0 saturated carbocycles. The molecule has 0 aliphatic rings. The van der Waals surface area contributed by atoms with Crippen LogP contribution in [-0.4, -0.2) is 0 Å². The van der Waals surface area contributed by atoms with Gasteiger partial charge in [-0.3, -0.25) is 0 Å². The highest BCUT2D eigenvalue weighted by molar-refractivity contribution is 7.12. The summed E-state index contributed by atoms with van der Waals surface area (Å²) in [6.07, 6.45) is 0. The lowest BCUT2D eigenvalue weighted by Gasteiger charge is -2.06. The summed E-state index contributed by atoms with van der Waals surface area (Å²) in [7, 11) is 0. The number of hydrogen-bond donors (Lipinski definition) is 1. The van der Waals surface area contributed by atoms with Gasteiger partial charge < -0.3 is 5.32 Å². The van der Waals surface area contributed by atoms with Gasteiger partial charge in [-0.1, -0.05) is 0 Å². The van der Waals surface area contributed by atoms with Gasteiger partial charge in [0.2, 0.25) is 0 Å². The van der Waals surface area contributed by atoms with E-state index in [4.69, 9.17) is 5.26 Å². The van der Waals surface area contributed by atoms with Crippen molar-refractivity contribution in [2.45, 2.75) is 20.4 Å². The smallest absolute Gasteiger partial charge is 0.141 e. The van der Waals surface area contributed by atoms with Crippen LogP contribution in [0, 0.1) is 31.0 Å². The fourth-order valence-corrected chi connectivity index (χ4v) is 2.72. The largest absolute Gasteiger partial charge is 0.381 e. The standard InChI is InChI=1S/C14H13FN2S/c1-9-5-12(10(2)18-9)8-17-13-3-4-14(15)11(6-13)7-16/h3-6,17H,8H2,1-2H3. The molecule has 18 heavy (non-hydrogen) atoms. The number of rotatable bonds is 3. The lowest BCUT2D eigenvalue weighted by molar-refractivity contribution is 0.624. The van der Waals surface area contributed by atoms with E-state index in [0.29, 0.717) is 6.54 Å². The number of thiophene rings is 1. The van der Waals surface area contributed by atoms with E-state index in [1.807, 2.05) is 6.07 Å². The van der Waals surface area contributed by atoms with E-state index in [9.17, 15) is 4.39 Å². The van der Waals surface area contributed by atoms with Crippen molar-refractivity contribution in [1.82, 2.24) is 0 Å². The van der Waals surface area contributed by atoms with Gasteiger partial charge in [-0.05, 0) is 43.7 Å². The molecular formula is C14H13FN2S. The van der Waals surface area contributed by atoms with Crippen molar-refractivity contribution in [1.29, 1.82) is 5.26 Å². The second-order valence-corrected chi connectivity index (χ2v) is 5.56. The number of nitrogens with zero attached hydrogens (tertiary/aromatic N) is 1. The van der Waals surface area contributed by atoms with Crippen LogP contribution < -0.4 is 5.32 Å². The van der Waals surface area contributed by atoms with Gasteiger partial charge >= 0.3 is 0 Å². The monoisotopic (exact) mass is 260 g/mol. The van der Waals surface area contributed by atoms with Crippen LogP contribution in [0.3, 0.4) is 0 Å². The first-order valence-electron chi connectivity index (χ1n) is 5.59. The van der Waals surface area contributed by atoms with Crippen LogP contribution in [0.5, 0.6) is 0 Å². The van der Waals surface area contributed by atoms with Gasteiger partial charge in [0.15, 0.2) is 0 Å². The quantitative estimate of drug-likeness (QED) is 0.905. The third kappa shape index (κ3) is 2.69. The minimum Gasteiger partial charge on any atom is -0.381 e. The van der Waals surface area contributed by atoms with Crippen LogP contribution in [-0.2, 0) is 6.54 Å². The molecule has 4 heteroatoms. The molecule has 1 aromatic heterocycles. The van der Waals surface area contributed by atoms with Gasteiger partial charge in [0.1, 0.15) is 11.9 Å². The van der Waals surface area contributed by atoms with Crippen molar-refractivity contribution in [3.63, 3.8) is 0 Å². The van der Waals surface area contributed by atoms with Crippen molar-refractivity contribution in [3.05, 3.63) is 51.0 Å². The first-order chi connectivity index (χ1) is 8.60. The molecule has 0 spiro atoms. The van der Waals surface area contributed by atoms with Gasteiger partial charge in [-0.25, -0.2) is 4.39 Å². The molecule has 2 nitrogen and oxygen atoms in total. The minimum absolute atomic E-state index is 0.0678. The molecule has 0 amide bonds. The minimum atomic E-state index is -0.481. The molecule has 2 rings (SSSR count). The van der Waals surface area contributed by atoms with Crippen molar-refractivity contribution in [2.75, 3.05) is 5.32 Å². The summed E-state index contributed by atoms with van der Waals surface area (Å²) < 4.78 is 13.2. The van der Waals surface area contributed by atoms with Gasteiger partial charge in [0.25, 0.3) is 0 Å². The Balaban J connectivity index is 2.11. The van der Waals surface area contributed by atoms with E-state index >= 15 is 0 Å². The molecule has 0 aliphatic carbocycles. The number of anilines is 1.